The van der Waals surface area contributed by atoms with Crippen molar-refractivity contribution < 1.29 is 4.42 Å². The molecule has 0 aliphatic heterocycles. The first-order valence-electron chi connectivity index (χ1n) is 23.6. The fourth-order valence-corrected chi connectivity index (χ4v) is 9.87. The number of hydrogen-bond acceptors (Lipinski definition) is 3. The molecule has 11 rings (SSSR count). The van der Waals surface area contributed by atoms with Gasteiger partial charge in [-0.05, 0) is 153 Å². The molecule has 0 saturated carbocycles. The van der Waals surface area contributed by atoms with Gasteiger partial charge in [-0.15, -0.1) is 0 Å². The van der Waals surface area contributed by atoms with Crippen molar-refractivity contribution in [2.24, 2.45) is 0 Å². The van der Waals surface area contributed by atoms with E-state index in [4.69, 9.17) is 4.42 Å². The van der Waals surface area contributed by atoms with Gasteiger partial charge < -0.3 is 14.2 Å². The van der Waals surface area contributed by atoms with E-state index in [-0.39, 0.29) is 0 Å². The van der Waals surface area contributed by atoms with Crippen LogP contribution >= 0.6 is 0 Å². The molecule has 3 heteroatoms. The summed E-state index contributed by atoms with van der Waals surface area (Å²) in [7, 11) is 0. The average molecular weight is 867 g/mol. The van der Waals surface area contributed by atoms with E-state index >= 15 is 0 Å². The van der Waals surface area contributed by atoms with Gasteiger partial charge in [-0.3, -0.25) is 0 Å². The van der Waals surface area contributed by atoms with Crippen molar-refractivity contribution in [2.75, 3.05) is 9.80 Å². The molecule has 3 nitrogen and oxygen atoms in total. The maximum Gasteiger partial charge on any atom is 0.136 e. The lowest BCUT2D eigenvalue weighted by molar-refractivity contribution is 0.670. The van der Waals surface area contributed by atoms with Crippen molar-refractivity contribution in [3.63, 3.8) is 0 Å². The third kappa shape index (κ3) is 7.71. The Labute approximate surface area is 394 Å². The summed E-state index contributed by atoms with van der Waals surface area (Å²) >= 11 is 0. The minimum absolute atomic E-state index is 0.379. The molecule has 326 valence electrons. The smallest absolute Gasteiger partial charge is 0.136 e. The lowest BCUT2D eigenvalue weighted by Crippen LogP contribution is -2.13. The van der Waals surface area contributed by atoms with E-state index in [0.29, 0.717) is 11.8 Å². The topological polar surface area (TPSA) is 19.6 Å². The Morgan fingerprint density at radius 1 is 0.343 bits per heavy atom. The number of anilines is 6. The number of nitrogens with zero attached hydrogens (tertiary/aromatic N) is 2. The summed E-state index contributed by atoms with van der Waals surface area (Å²) in [6, 6.07) is 75.6. The lowest BCUT2D eigenvalue weighted by Gasteiger charge is -2.30. The van der Waals surface area contributed by atoms with Crippen LogP contribution in [0.25, 0.3) is 65.7 Å². The number of rotatable bonds is 10. The van der Waals surface area contributed by atoms with Gasteiger partial charge >= 0.3 is 0 Å². The summed E-state index contributed by atoms with van der Waals surface area (Å²) in [5.41, 5.74) is 18.4. The molecule has 0 fully saturated rings. The fourth-order valence-electron chi connectivity index (χ4n) is 9.87. The van der Waals surface area contributed by atoms with E-state index in [9.17, 15) is 0 Å². The van der Waals surface area contributed by atoms with E-state index in [1.165, 1.54) is 55.3 Å². The Hall–Kier alpha value is -7.88. The molecule has 0 amide bonds. The van der Waals surface area contributed by atoms with Crippen LogP contribution in [0.15, 0.2) is 211 Å². The highest BCUT2D eigenvalue weighted by atomic mass is 16.3. The maximum atomic E-state index is 6.86. The van der Waals surface area contributed by atoms with Crippen LogP contribution in [0.3, 0.4) is 0 Å². The second-order valence-corrected chi connectivity index (χ2v) is 18.7. The monoisotopic (exact) mass is 866 g/mol. The zero-order valence-electron chi connectivity index (χ0n) is 39.1. The molecule has 10 aromatic carbocycles. The number of benzene rings is 10. The highest BCUT2D eigenvalue weighted by molar-refractivity contribution is 6.14. The Morgan fingerprint density at radius 2 is 0.746 bits per heavy atom. The Balaban J connectivity index is 1.05. The zero-order chi connectivity index (χ0) is 45.8. The Morgan fingerprint density at radius 3 is 1.15 bits per heavy atom. The van der Waals surface area contributed by atoms with Crippen LogP contribution in [0.4, 0.5) is 34.1 Å². The van der Waals surface area contributed by atoms with Crippen molar-refractivity contribution in [3.05, 3.63) is 229 Å². The van der Waals surface area contributed by atoms with Crippen LogP contribution in [0, 0.1) is 13.8 Å². The molecule has 0 spiro atoms. The molecular formula is C64H54N2O. The number of aryl methyl sites for hydroxylation is 2. The number of para-hydroxylation sites is 2. The largest absolute Gasteiger partial charge is 0.456 e. The van der Waals surface area contributed by atoms with Crippen molar-refractivity contribution in [2.45, 2.75) is 53.4 Å². The molecule has 0 N–H and O–H groups in total. The molecule has 0 saturated heterocycles. The minimum atomic E-state index is 0.379. The molecule has 0 bridgehead atoms. The van der Waals surface area contributed by atoms with Crippen molar-refractivity contribution in [1.82, 2.24) is 0 Å². The summed E-state index contributed by atoms with van der Waals surface area (Å²) in [5.74, 6) is 0.759. The molecule has 0 unspecified atom stereocenters. The van der Waals surface area contributed by atoms with Crippen LogP contribution in [0.5, 0.6) is 0 Å². The number of hydrogen-bond donors (Lipinski definition) is 0. The van der Waals surface area contributed by atoms with Gasteiger partial charge in [-0.2, -0.15) is 0 Å². The molecule has 0 aliphatic rings. The van der Waals surface area contributed by atoms with E-state index in [1.807, 2.05) is 0 Å². The normalized spacial score (nSPS) is 11.7. The maximum absolute atomic E-state index is 6.86. The Bertz CT molecular complexity index is 3380. The van der Waals surface area contributed by atoms with Gasteiger partial charge in [0.25, 0.3) is 0 Å². The molecule has 0 atom stereocenters. The average Bonchev–Trinajstić information content (AvgIpc) is 3.69. The van der Waals surface area contributed by atoms with E-state index < -0.39 is 0 Å². The molecule has 1 aromatic heterocycles. The van der Waals surface area contributed by atoms with Crippen LogP contribution in [-0.4, -0.2) is 0 Å². The standard InChI is InChI=1S/C64H54N2O/c1-41(2)47-27-31-55(45-19-9-7-10-20-45)61(37-47)65(59-23-15-13-17-43(59)5)53-29-25-49-35-57-58-36-50-26-30-54(34-52(50)40-64(58)67-63(57)39-51(49)33-53)66(60-24-16-14-18-44(60)6)62-38-48(42(3)4)28-32-56(62)46-21-11-8-12-22-46/h7-42H,1-6H3. The van der Waals surface area contributed by atoms with Gasteiger partial charge in [0.1, 0.15) is 11.2 Å². The molecule has 0 aliphatic carbocycles. The first kappa shape index (κ1) is 41.8. The van der Waals surface area contributed by atoms with E-state index in [0.717, 1.165) is 66.8 Å². The SMILES string of the molecule is Cc1ccccc1N(c1ccc2cc3c(cc2c1)oc1cc2cc(N(c4ccccc4C)c4cc(C(C)C)ccc4-c4ccccc4)ccc2cc13)c1cc(C(C)C)ccc1-c1ccccc1. The van der Waals surface area contributed by atoms with Gasteiger partial charge in [0, 0.05) is 44.6 Å². The summed E-state index contributed by atoms with van der Waals surface area (Å²) in [6.07, 6.45) is 0. The number of furan rings is 1. The first-order chi connectivity index (χ1) is 32.7. The minimum Gasteiger partial charge on any atom is -0.456 e. The highest BCUT2D eigenvalue weighted by Gasteiger charge is 2.23. The summed E-state index contributed by atoms with van der Waals surface area (Å²) in [4.78, 5) is 4.89. The summed E-state index contributed by atoms with van der Waals surface area (Å²) < 4.78 is 6.86. The zero-order valence-corrected chi connectivity index (χ0v) is 39.1. The predicted molar refractivity (Wildman–Crippen MR) is 287 cm³/mol. The van der Waals surface area contributed by atoms with Crippen molar-refractivity contribution in [1.29, 1.82) is 0 Å². The highest BCUT2D eigenvalue weighted by Crippen LogP contribution is 2.47. The van der Waals surface area contributed by atoms with Gasteiger partial charge in [0.15, 0.2) is 0 Å². The predicted octanol–water partition coefficient (Wildman–Crippen LogP) is 19.0. The summed E-state index contributed by atoms with van der Waals surface area (Å²) in [6.45, 7) is 13.5. The first-order valence-corrected chi connectivity index (χ1v) is 23.6. The Kier molecular flexibility index (Phi) is 10.7. The van der Waals surface area contributed by atoms with Gasteiger partial charge in [0.05, 0.1) is 11.4 Å². The van der Waals surface area contributed by atoms with Crippen LogP contribution in [0.1, 0.15) is 61.8 Å². The molecular weight excluding hydrogens is 813 g/mol. The van der Waals surface area contributed by atoms with Crippen LogP contribution < -0.4 is 9.80 Å². The third-order valence-electron chi connectivity index (χ3n) is 13.6. The van der Waals surface area contributed by atoms with E-state index in [1.54, 1.807) is 0 Å². The van der Waals surface area contributed by atoms with Crippen molar-refractivity contribution in [3.8, 4) is 22.3 Å². The van der Waals surface area contributed by atoms with Gasteiger partial charge in [-0.25, -0.2) is 0 Å². The number of fused-ring (bicyclic) bond motifs is 5. The summed E-state index contributed by atoms with van der Waals surface area (Å²) in [5, 5.41) is 6.83. The van der Waals surface area contributed by atoms with Crippen LogP contribution in [-0.2, 0) is 0 Å². The quantitative estimate of drug-likeness (QED) is 0.137. The van der Waals surface area contributed by atoms with Crippen LogP contribution in [0.2, 0.25) is 0 Å². The second kappa shape index (κ2) is 17.2. The van der Waals surface area contributed by atoms with E-state index in [2.05, 4.69) is 258 Å². The van der Waals surface area contributed by atoms with Gasteiger partial charge in [-0.1, -0.05) is 161 Å². The second-order valence-electron chi connectivity index (χ2n) is 18.7. The molecule has 0 radical (unpaired) electrons. The molecule has 1 heterocycles. The lowest BCUT2D eigenvalue weighted by atomic mass is 9.95. The van der Waals surface area contributed by atoms with Gasteiger partial charge in [0.2, 0.25) is 0 Å². The third-order valence-corrected chi connectivity index (χ3v) is 13.6. The molecule has 11 aromatic rings. The molecule has 67 heavy (non-hydrogen) atoms. The van der Waals surface area contributed by atoms with Crippen molar-refractivity contribution >= 4 is 77.6 Å². The fraction of sp³-hybridized carbons (Fsp3) is 0.125.